The summed E-state index contributed by atoms with van der Waals surface area (Å²) in [6.45, 7) is 2.03. The second-order valence-electron chi connectivity index (χ2n) is 5.90. The van der Waals surface area contributed by atoms with E-state index in [1.807, 2.05) is 24.3 Å². The molecule has 0 bridgehead atoms. The van der Waals surface area contributed by atoms with Crippen LogP contribution in [0.3, 0.4) is 0 Å². The second kappa shape index (κ2) is 7.50. The topological polar surface area (TPSA) is 53.3 Å². The smallest absolute Gasteiger partial charge is 0.348 e. The summed E-state index contributed by atoms with van der Waals surface area (Å²) >= 11 is 1.39. The molecule has 24 heavy (non-hydrogen) atoms. The molecule has 0 atom stereocenters. The van der Waals surface area contributed by atoms with Crippen molar-refractivity contribution in [1.82, 2.24) is 0 Å². The van der Waals surface area contributed by atoms with Crippen LogP contribution in [0.5, 0.6) is 0 Å². The van der Waals surface area contributed by atoms with E-state index in [1.54, 1.807) is 6.07 Å². The Hall–Kier alpha value is -2.32. The zero-order chi connectivity index (χ0) is 16.9. The molecule has 1 aliphatic rings. The Morgan fingerprint density at radius 3 is 2.58 bits per heavy atom. The van der Waals surface area contributed by atoms with Gasteiger partial charge in [-0.25, -0.2) is 4.79 Å². The fourth-order valence-electron chi connectivity index (χ4n) is 3.07. The summed E-state index contributed by atoms with van der Waals surface area (Å²) in [6, 6.07) is 12.0. The van der Waals surface area contributed by atoms with Gasteiger partial charge in [0.2, 0.25) is 0 Å². The summed E-state index contributed by atoms with van der Waals surface area (Å²) in [5, 5.41) is 9.57. The molecule has 1 aromatic carbocycles. The van der Waals surface area contributed by atoms with E-state index in [0.717, 1.165) is 29.2 Å². The molecule has 124 valence electrons. The molecule has 1 aliphatic heterocycles. The molecule has 0 radical (unpaired) electrons. The Labute approximate surface area is 146 Å². The van der Waals surface area contributed by atoms with Gasteiger partial charge in [-0.05, 0) is 42.7 Å². The summed E-state index contributed by atoms with van der Waals surface area (Å²) in [5.41, 5.74) is 2.68. The van der Waals surface area contributed by atoms with E-state index >= 15 is 0 Å². The van der Waals surface area contributed by atoms with E-state index in [2.05, 4.69) is 11.0 Å². The number of methoxy groups -OCH3 is 1. The molecule has 0 amide bonds. The van der Waals surface area contributed by atoms with Crippen LogP contribution in [-0.2, 0) is 4.74 Å². The molecule has 5 heteroatoms. The summed E-state index contributed by atoms with van der Waals surface area (Å²) in [4.78, 5) is 15.5. The number of ether oxygens (including phenoxy) is 1. The third-order valence-electron chi connectivity index (χ3n) is 4.34. The molecule has 1 fully saturated rings. The summed E-state index contributed by atoms with van der Waals surface area (Å²) in [7, 11) is 1.38. The minimum atomic E-state index is -0.326. The first-order valence-electron chi connectivity index (χ1n) is 8.20. The van der Waals surface area contributed by atoms with Crippen molar-refractivity contribution >= 4 is 23.0 Å². The van der Waals surface area contributed by atoms with Crippen LogP contribution in [0.25, 0.3) is 10.4 Å². The number of carbonyl (C=O) groups is 1. The van der Waals surface area contributed by atoms with Crippen molar-refractivity contribution in [1.29, 1.82) is 5.26 Å². The zero-order valence-electron chi connectivity index (χ0n) is 13.7. The van der Waals surface area contributed by atoms with Gasteiger partial charge in [-0.3, -0.25) is 0 Å². The van der Waals surface area contributed by atoms with E-state index < -0.39 is 0 Å². The number of benzene rings is 1. The summed E-state index contributed by atoms with van der Waals surface area (Å²) in [5.74, 6) is -0.326. The molecule has 2 aromatic rings. The molecule has 1 saturated heterocycles. The first kappa shape index (κ1) is 16.5. The SMILES string of the molecule is COC(=O)c1ccc(-c2ccc(N3CCCCCC3)c(C#N)c2)s1. The van der Waals surface area contributed by atoms with Gasteiger partial charge in [-0.2, -0.15) is 5.26 Å². The number of hydrogen-bond acceptors (Lipinski definition) is 5. The van der Waals surface area contributed by atoms with Gasteiger partial charge in [-0.1, -0.05) is 18.9 Å². The van der Waals surface area contributed by atoms with Gasteiger partial charge in [0.1, 0.15) is 10.9 Å². The van der Waals surface area contributed by atoms with Gasteiger partial charge < -0.3 is 9.64 Å². The molecule has 0 unspecified atom stereocenters. The Balaban J connectivity index is 1.90. The quantitative estimate of drug-likeness (QED) is 0.774. The highest BCUT2D eigenvalue weighted by molar-refractivity contribution is 7.17. The van der Waals surface area contributed by atoms with Crippen LogP contribution in [0.15, 0.2) is 30.3 Å². The number of esters is 1. The van der Waals surface area contributed by atoms with E-state index in [0.29, 0.717) is 10.4 Å². The second-order valence-corrected chi connectivity index (χ2v) is 6.98. The third kappa shape index (κ3) is 3.44. The fourth-order valence-corrected chi connectivity index (χ4v) is 3.99. The molecular formula is C19H20N2O2S. The fraction of sp³-hybridized carbons (Fsp3) is 0.368. The first-order chi connectivity index (χ1) is 11.7. The van der Waals surface area contributed by atoms with Crippen molar-refractivity contribution in [3.05, 3.63) is 40.8 Å². The predicted molar refractivity (Wildman–Crippen MR) is 96.5 cm³/mol. The van der Waals surface area contributed by atoms with Gasteiger partial charge in [0, 0.05) is 18.0 Å². The molecule has 1 aromatic heterocycles. The number of hydrogen-bond donors (Lipinski definition) is 0. The van der Waals surface area contributed by atoms with Crippen molar-refractivity contribution in [2.24, 2.45) is 0 Å². The van der Waals surface area contributed by atoms with Crippen molar-refractivity contribution in [2.45, 2.75) is 25.7 Å². The lowest BCUT2D eigenvalue weighted by Crippen LogP contribution is -2.24. The van der Waals surface area contributed by atoms with Crippen molar-refractivity contribution in [3.8, 4) is 16.5 Å². The van der Waals surface area contributed by atoms with Crippen LogP contribution in [-0.4, -0.2) is 26.2 Å². The molecule has 3 rings (SSSR count). The van der Waals surface area contributed by atoms with Crippen molar-refractivity contribution < 1.29 is 9.53 Å². The van der Waals surface area contributed by atoms with Crippen molar-refractivity contribution in [3.63, 3.8) is 0 Å². The number of nitrogens with zero attached hydrogens (tertiary/aromatic N) is 2. The van der Waals surface area contributed by atoms with Crippen LogP contribution >= 0.6 is 11.3 Å². The molecule has 0 N–H and O–H groups in total. The van der Waals surface area contributed by atoms with Gasteiger partial charge in [-0.15, -0.1) is 11.3 Å². The van der Waals surface area contributed by atoms with Crippen LogP contribution in [0, 0.1) is 11.3 Å². The van der Waals surface area contributed by atoms with E-state index in [4.69, 9.17) is 4.74 Å². The van der Waals surface area contributed by atoms with Gasteiger partial charge in [0.25, 0.3) is 0 Å². The Kier molecular flexibility index (Phi) is 5.17. The first-order valence-corrected chi connectivity index (χ1v) is 9.02. The van der Waals surface area contributed by atoms with Gasteiger partial charge >= 0.3 is 5.97 Å². The van der Waals surface area contributed by atoms with Crippen LogP contribution < -0.4 is 4.90 Å². The Morgan fingerprint density at radius 2 is 1.92 bits per heavy atom. The van der Waals surface area contributed by atoms with E-state index in [-0.39, 0.29) is 5.97 Å². The minimum Gasteiger partial charge on any atom is -0.465 e. The summed E-state index contributed by atoms with van der Waals surface area (Å²) < 4.78 is 4.75. The largest absolute Gasteiger partial charge is 0.465 e. The maximum Gasteiger partial charge on any atom is 0.348 e. The van der Waals surface area contributed by atoms with Gasteiger partial charge in [0.15, 0.2) is 0 Å². The molecular weight excluding hydrogens is 320 g/mol. The average Bonchev–Trinajstić information content (AvgIpc) is 2.96. The number of thiophene rings is 1. The molecule has 0 spiro atoms. The highest BCUT2D eigenvalue weighted by Gasteiger charge is 2.16. The van der Waals surface area contributed by atoms with E-state index in [1.165, 1.54) is 44.1 Å². The van der Waals surface area contributed by atoms with Crippen LogP contribution in [0.4, 0.5) is 5.69 Å². The Bertz CT molecular complexity index is 768. The highest BCUT2D eigenvalue weighted by Crippen LogP contribution is 2.32. The number of anilines is 1. The average molecular weight is 340 g/mol. The maximum absolute atomic E-state index is 11.6. The van der Waals surface area contributed by atoms with Gasteiger partial charge in [0.05, 0.1) is 18.4 Å². The highest BCUT2D eigenvalue weighted by atomic mass is 32.1. The monoisotopic (exact) mass is 340 g/mol. The van der Waals surface area contributed by atoms with Crippen molar-refractivity contribution in [2.75, 3.05) is 25.1 Å². The standard InChI is InChI=1S/C19H20N2O2S/c1-23-19(22)18-9-8-17(24-18)14-6-7-16(15(12-14)13-20)21-10-4-2-3-5-11-21/h6-9,12H,2-5,10-11H2,1H3. The third-order valence-corrected chi connectivity index (χ3v) is 5.46. The lowest BCUT2D eigenvalue weighted by Gasteiger charge is -2.24. The normalized spacial score (nSPS) is 14.8. The number of rotatable bonds is 3. The number of nitriles is 1. The maximum atomic E-state index is 11.6. The van der Waals surface area contributed by atoms with E-state index in [9.17, 15) is 10.1 Å². The van der Waals surface area contributed by atoms with Crippen LogP contribution in [0.1, 0.15) is 40.9 Å². The molecule has 0 saturated carbocycles. The lowest BCUT2D eigenvalue weighted by atomic mass is 10.1. The zero-order valence-corrected chi connectivity index (χ0v) is 14.6. The minimum absolute atomic E-state index is 0.326. The molecule has 4 nitrogen and oxygen atoms in total. The lowest BCUT2D eigenvalue weighted by molar-refractivity contribution is 0.0606. The summed E-state index contributed by atoms with van der Waals surface area (Å²) in [6.07, 6.45) is 4.89. The predicted octanol–water partition coefficient (Wildman–Crippen LogP) is 4.45. The molecule has 2 heterocycles. The Morgan fingerprint density at radius 1 is 1.17 bits per heavy atom. The van der Waals surface area contributed by atoms with Crippen LogP contribution in [0.2, 0.25) is 0 Å². The molecule has 0 aliphatic carbocycles. The number of carbonyl (C=O) groups excluding carboxylic acids is 1.